The number of anilines is 1. The number of benzene rings is 1. The Bertz CT molecular complexity index is 546. The summed E-state index contributed by atoms with van der Waals surface area (Å²) in [5.74, 6) is 0.929. The van der Waals surface area contributed by atoms with Gasteiger partial charge in [0.25, 0.3) is 0 Å². The van der Waals surface area contributed by atoms with Gasteiger partial charge in [-0.25, -0.2) is 4.98 Å². The summed E-state index contributed by atoms with van der Waals surface area (Å²) < 4.78 is 2.11. The van der Waals surface area contributed by atoms with Crippen LogP contribution in [0.2, 0.25) is 0 Å². The minimum Gasteiger partial charge on any atom is -0.351 e. The summed E-state index contributed by atoms with van der Waals surface area (Å²) in [6.45, 7) is 0. The summed E-state index contributed by atoms with van der Waals surface area (Å²) >= 11 is 0. The number of para-hydroxylation sites is 2. The van der Waals surface area contributed by atoms with Crippen LogP contribution >= 0.6 is 0 Å². The number of nitrogens with two attached hydrogens (primary N) is 1. The van der Waals surface area contributed by atoms with Crippen LogP contribution in [-0.4, -0.2) is 21.6 Å². The van der Waals surface area contributed by atoms with Gasteiger partial charge >= 0.3 is 0 Å². The predicted octanol–water partition coefficient (Wildman–Crippen LogP) is 2.26. The standard InChI is InChI=1S/C14H20N4/c1-18-13-9-5-4-8-12(13)17-14(18)16-11-7-3-2-6-10(11)15/h4-5,8-11H,2-3,6-7,15H2,1H3,(H,16,17). The first-order valence-electron chi connectivity index (χ1n) is 6.69. The summed E-state index contributed by atoms with van der Waals surface area (Å²) in [6.07, 6.45) is 4.77. The third-order valence-corrected chi connectivity index (χ3v) is 3.92. The molecule has 4 nitrogen and oxygen atoms in total. The third-order valence-electron chi connectivity index (χ3n) is 3.92. The van der Waals surface area contributed by atoms with Gasteiger partial charge in [-0.3, -0.25) is 0 Å². The van der Waals surface area contributed by atoms with E-state index in [1.165, 1.54) is 12.8 Å². The van der Waals surface area contributed by atoms with E-state index in [0.29, 0.717) is 6.04 Å². The van der Waals surface area contributed by atoms with Crippen molar-refractivity contribution < 1.29 is 0 Å². The van der Waals surface area contributed by atoms with Crippen molar-refractivity contribution in [2.24, 2.45) is 12.8 Å². The van der Waals surface area contributed by atoms with E-state index in [1.807, 2.05) is 25.2 Å². The highest BCUT2D eigenvalue weighted by Crippen LogP contribution is 2.23. The highest BCUT2D eigenvalue weighted by Gasteiger charge is 2.23. The zero-order valence-electron chi connectivity index (χ0n) is 10.8. The van der Waals surface area contributed by atoms with Crippen molar-refractivity contribution in [1.29, 1.82) is 0 Å². The third kappa shape index (κ3) is 1.97. The van der Waals surface area contributed by atoms with Gasteiger partial charge in [-0.15, -0.1) is 0 Å². The van der Waals surface area contributed by atoms with E-state index in [4.69, 9.17) is 5.73 Å². The fraction of sp³-hybridized carbons (Fsp3) is 0.500. The van der Waals surface area contributed by atoms with Crippen molar-refractivity contribution in [2.75, 3.05) is 5.32 Å². The Balaban J connectivity index is 1.88. The van der Waals surface area contributed by atoms with Gasteiger partial charge in [0.1, 0.15) is 0 Å². The van der Waals surface area contributed by atoms with Crippen LogP contribution in [-0.2, 0) is 7.05 Å². The van der Waals surface area contributed by atoms with E-state index in [2.05, 4.69) is 20.9 Å². The first-order chi connectivity index (χ1) is 8.75. The number of hydrogen-bond acceptors (Lipinski definition) is 3. The Morgan fingerprint density at radius 3 is 2.83 bits per heavy atom. The molecule has 1 aliphatic rings. The largest absolute Gasteiger partial charge is 0.351 e. The van der Waals surface area contributed by atoms with Gasteiger partial charge in [0.05, 0.1) is 11.0 Å². The summed E-state index contributed by atoms with van der Waals surface area (Å²) in [4.78, 5) is 4.64. The summed E-state index contributed by atoms with van der Waals surface area (Å²) in [7, 11) is 2.05. The fourth-order valence-electron chi connectivity index (χ4n) is 2.78. The second kappa shape index (κ2) is 4.61. The molecule has 1 saturated carbocycles. The molecular formula is C14H20N4. The van der Waals surface area contributed by atoms with Crippen LogP contribution in [0.25, 0.3) is 11.0 Å². The molecule has 1 heterocycles. The van der Waals surface area contributed by atoms with E-state index in [1.54, 1.807) is 0 Å². The number of fused-ring (bicyclic) bond motifs is 1. The molecule has 3 rings (SSSR count). The topological polar surface area (TPSA) is 55.9 Å². The van der Waals surface area contributed by atoms with Gasteiger partial charge in [0.15, 0.2) is 0 Å². The van der Waals surface area contributed by atoms with Crippen molar-refractivity contribution in [3.63, 3.8) is 0 Å². The quantitative estimate of drug-likeness (QED) is 0.852. The summed E-state index contributed by atoms with van der Waals surface area (Å²) in [5.41, 5.74) is 8.36. The lowest BCUT2D eigenvalue weighted by Crippen LogP contribution is -2.43. The summed E-state index contributed by atoms with van der Waals surface area (Å²) in [5, 5.41) is 3.52. The highest BCUT2D eigenvalue weighted by atomic mass is 15.2. The molecule has 1 fully saturated rings. The van der Waals surface area contributed by atoms with Crippen LogP contribution in [0.1, 0.15) is 25.7 Å². The number of imidazole rings is 1. The number of aromatic nitrogens is 2. The van der Waals surface area contributed by atoms with Crippen molar-refractivity contribution in [1.82, 2.24) is 9.55 Å². The molecule has 0 saturated heterocycles. The number of nitrogens with zero attached hydrogens (tertiary/aromatic N) is 2. The number of nitrogens with one attached hydrogen (secondary N) is 1. The zero-order chi connectivity index (χ0) is 12.5. The van der Waals surface area contributed by atoms with E-state index in [9.17, 15) is 0 Å². The molecule has 0 aliphatic heterocycles. The molecule has 0 bridgehead atoms. The molecule has 4 heteroatoms. The van der Waals surface area contributed by atoms with Gasteiger partial charge in [-0.05, 0) is 25.0 Å². The fourth-order valence-corrected chi connectivity index (χ4v) is 2.78. The van der Waals surface area contributed by atoms with E-state index >= 15 is 0 Å². The molecule has 0 spiro atoms. The molecule has 0 amide bonds. The molecule has 2 atom stereocenters. The van der Waals surface area contributed by atoms with E-state index in [-0.39, 0.29) is 6.04 Å². The maximum absolute atomic E-state index is 6.17. The number of rotatable bonds is 2. The minimum absolute atomic E-state index is 0.249. The molecule has 18 heavy (non-hydrogen) atoms. The van der Waals surface area contributed by atoms with Crippen molar-refractivity contribution >= 4 is 17.0 Å². The van der Waals surface area contributed by atoms with Crippen LogP contribution in [0.5, 0.6) is 0 Å². The van der Waals surface area contributed by atoms with Crippen molar-refractivity contribution in [3.8, 4) is 0 Å². The Kier molecular flexibility index (Phi) is 2.96. The SMILES string of the molecule is Cn1c(NC2CCCCC2N)nc2ccccc21. The molecular weight excluding hydrogens is 224 g/mol. The minimum atomic E-state index is 0.249. The van der Waals surface area contributed by atoms with Crippen LogP contribution in [0.15, 0.2) is 24.3 Å². The van der Waals surface area contributed by atoms with Gasteiger partial charge in [-0.1, -0.05) is 25.0 Å². The molecule has 0 radical (unpaired) electrons. The average molecular weight is 244 g/mol. The number of aryl methyl sites for hydroxylation is 1. The lowest BCUT2D eigenvalue weighted by atomic mass is 9.91. The van der Waals surface area contributed by atoms with E-state index in [0.717, 1.165) is 29.8 Å². The number of hydrogen-bond donors (Lipinski definition) is 2. The molecule has 1 aromatic heterocycles. The molecule has 2 unspecified atom stereocenters. The molecule has 1 aromatic carbocycles. The van der Waals surface area contributed by atoms with Gasteiger partial charge in [0, 0.05) is 19.1 Å². The van der Waals surface area contributed by atoms with Crippen molar-refractivity contribution in [2.45, 2.75) is 37.8 Å². The average Bonchev–Trinajstić information content (AvgIpc) is 2.70. The lowest BCUT2D eigenvalue weighted by Gasteiger charge is -2.29. The first kappa shape index (κ1) is 11.5. The van der Waals surface area contributed by atoms with Crippen LogP contribution < -0.4 is 11.1 Å². The second-order valence-corrected chi connectivity index (χ2v) is 5.18. The first-order valence-corrected chi connectivity index (χ1v) is 6.69. The second-order valence-electron chi connectivity index (χ2n) is 5.18. The van der Waals surface area contributed by atoms with Crippen LogP contribution in [0.4, 0.5) is 5.95 Å². The molecule has 96 valence electrons. The Morgan fingerprint density at radius 2 is 2.06 bits per heavy atom. The maximum atomic E-state index is 6.17. The smallest absolute Gasteiger partial charge is 0.203 e. The van der Waals surface area contributed by atoms with Crippen LogP contribution in [0.3, 0.4) is 0 Å². The van der Waals surface area contributed by atoms with Gasteiger partial charge in [-0.2, -0.15) is 0 Å². The zero-order valence-corrected chi connectivity index (χ0v) is 10.8. The Morgan fingerprint density at radius 1 is 1.28 bits per heavy atom. The molecule has 1 aliphatic carbocycles. The molecule has 3 N–H and O–H groups in total. The Labute approximate surface area is 107 Å². The van der Waals surface area contributed by atoms with Gasteiger partial charge < -0.3 is 15.6 Å². The maximum Gasteiger partial charge on any atom is 0.203 e. The highest BCUT2D eigenvalue weighted by molar-refractivity contribution is 5.78. The molecule has 2 aromatic rings. The Hall–Kier alpha value is -1.55. The normalized spacial score (nSPS) is 24.3. The predicted molar refractivity (Wildman–Crippen MR) is 74.6 cm³/mol. The lowest BCUT2D eigenvalue weighted by molar-refractivity contribution is 0.402. The van der Waals surface area contributed by atoms with E-state index < -0.39 is 0 Å². The van der Waals surface area contributed by atoms with Crippen molar-refractivity contribution in [3.05, 3.63) is 24.3 Å². The summed E-state index contributed by atoms with van der Waals surface area (Å²) in [6, 6.07) is 8.80. The monoisotopic (exact) mass is 244 g/mol. The van der Waals surface area contributed by atoms with Crippen LogP contribution in [0, 0.1) is 0 Å². The van der Waals surface area contributed by atoms with Gasteiger partial charge in [0.2, 0.25) is 5.95 Å².